The van der Waals surface area contributed by atoms with E-state index in [4.69, 9.17) is 21.1 Å². The van der Waals surface area contributed by atoms with Crippen LogP contribution in [0.5, 0.6) is 0 Å². The quantitative estimate of drug-likeness (QED) is 0.774. The highest BCUT2D eigenvalue weighted by atomic mass is 32.9. The van der Waals surface area contributed by atoms with Crippen LogP contribution in [0.4, 0.5) is 4.79 Å². The average Bonchev–Trinajstić information content (AvgIpc) is 2.36. The highest BCUT2D eigenvalue weighted by molar-refractivity contribution is 8.67. The maximum Gasteiger partial charge on any atom is 0.410 e. The SMILES string of the molecule is CN(CCOP(O)(=S)Sc1ccccc1)C(=O)OC(C)(C)C. The summed E-state index contributed by atoms with van der Waals surface area (Å²) in [6.45, 7) is 5.87. The maximum absolute atomic E-state index is 11.8. The van der Waals surface area contributed by atoms with Crippen LogP contribution in [-0.2, 0) is 21.1 Å². The summed E-state index contributed by atoms with van der Waals surface area (Å²) in [4.78, 5) is 24.2. The number of amides is 1. The van der Waals surface area contributed by atoms with Crippen molar-refractivity contribution in [2.75, 3.05) is 20.2 Å². The fourth-order valence-electron chi connectivity index (χ4n) is 1.37. The van der Waals surface area contributed by atoms with Crippen LogP contribution in [0.2, 0.25) is 0 Å². The van der Waals surface area contributed by atoms with E-state index in [0.29, 0.717) is 6.54 Å². The van der Waals surface area contributed by atoms with Gasteiger partial charge in [-0.1, -0.05) is 18.2 Å². The van der Waals surface area contributed by atoms with E-state index in [1.807, 2.05) is 30.3 Å². The molecule has 5 nitrogen and oxygen atoms in total. The van der Waals surface area contributed by atoms with E-state index in [2.05, 4.69) is 0 Å². The molecule has 8 heteroatoms. The molecule has 124 valence electrons. The van der Waals surface area contributed by atoms with E-state index in [1.54, 1.807) is 27.8 Å². The molecule has 1 unspecified atom stereocenters. The summed E-state index contributed by atoms with van der Waals surface area (Å²) >= 11 is 6.24. The summed E-state index contributed by atoms with van der Waals surface area (Å²) in [6, 6.07) is 9.35. The molecule has 0 saturated carbocycles. The Kier molecular flexibility index (Phi) is 7.35. The Balaban J connectivity index is 2.39. The Morgan fingerprint density at radius 2 is 1.95 bits per heavy atom. The number of carbonyl (C=O) groups excluding carboxylic acids is 1. The molecule has 1 rings (SSSR count). The Morgan fingerprint density at radius 1 is 1.36 bits per heavy atom. The monoisotopic (exact) mass is 363 g/mol. The fourth-order valence-corrected chi connectivity index (χ4v) is 4.82. The molecule has 1 N–H and O–H groups in total. The molecule has 0 spiro atoms. The second-order valence-electron chi connectivity index (χ2n) is 5.61. The number of ether oxygens (including phenoxy) is 1. The number of carbonyl (C=O) groups is 1. The van der Waals surface area contributed by atoms with Crippen molar-refractivity contribution >= 4 is 35.0 Å². The predicted molar refractivity (Wildman–Crippen MR) is 93.6 cm³/mol. The van der Waals surface area contributed by atoms with Crippen LogP contribution in [0.3, 0.4) is 0 Å². The molecule has 0 aliphatic rings. The minimum Gasteiger partial charge on any atom is -0.444 e. The number of rotatable bonds is 6. The Labute approximate surface area is 140 Å². The minimum atomic E-state index is -2.97. The first-order valence-electron chi connectivity index (χ1n) is 6.75. The fraction of sp³-hybridized carbons (Fsp3) is 0.500. The van der Waals surface area contributed by atoms with Crippen molar-refractivity contribution in [1.82, 2.24) is 4.90 Å². The van der Waals surface area contributed by atoms with Gasteiger partial charge >= 0.3 is 6.09 Å². The van der Waals surface area contributed by atoms with Crippen LogP contribution in [0, 0.1) is 0 Å². The minimum absolute atomic E-state index is 0.156. The first-order chi connectivity index (χ1) is 10.1. The van der Waals surface area contributed by atoms with Gasteiger partial charge in [0.25, 0.3) is 0 Å². The number of likely N-dealkylation sites (N-methyl/N-ethyl adjacent to an activating group) is 1. The predicted octanol–water partition coefficient (Wildman–Crippen LogP) is 3.88. The molecule has 0 aliphatic heterocycles. The van der Waals surface area contributed by atoms with E-state index in [1.165, 1.54) is 4.90 Å². The van der Waals surface area contributed by atoms with Gasteiger partial charge in [0.2, 0.25) is 5.69 Å². The van der Waals surface area contributed by atoms with E-state index < -0.39 is 17.4 Å². The Morgan fingerprint density at radius 3 is 2.50 bits per heavy atom. The lowest BCUT2D eigenvalue weighted by molar-refractivity contribution is 0.0279. The van der Waals surface area contributed by atoms with Crippen molar-refractivity contribution in [3.8, 4) is 0 Å². The number of hydrogen-bond acceptors (Lipinski definition) is 5. The molecular formula is C14H22NO4PS2. The van der Waals surface area contributed by atoms with Gasteiger partial charge in [0.05, 0.1) is 6.61 Å². The summed E-state index contributed by atoms with van der Waals surface area (Å²) in [5.41, 5.74) is -3.51. The van der Waals surface area contributed by atoms with E-state index in [9.17, 15) is 9.69 Å². The summed E-state index contributed by atoms with van der Waals surface area (Å²) in [5.74, 6) is 0. The second-order valence-corrected chi connectivity index (χ2v) is 11.7. The summed E-state index contributed by atoms with van der Waals surface area (Å²) in [6.07, 6.45) is -0.432. The van der Waals surface area contributed by atoms with E-state index in [-0.39, 0.29) is 6.61 Å². The van der Waals surface area contributed by atoms with Gasteiger partial charge in [0.1, 0.15) is 5.60 Å². The summed E-state index contributed by atoms with van der Waals surface area (Å²) in [5, 5.41) is 0. The molecule has 0 bridgehead atoms. The first-order valence-corrected chi connectivity index (χ1v) is 10.8. The molecule has 1 aromatic rings. The Hall–Kier alpha value is -0.590. The zero-order valence-electron chi connectivity index (χ0n) is 13.2. The third-order valence-corrected chi connectivity index (χ3v) is 6.20. The van der Waals surface area contributed by atoms with Crippen molar-refractivity contribution in [3.63, 3.8) is 0 Å². The van der Waals surface area contributed by atoms with Crippen LogP contribution >= 0.6 is 17.1 Å². The highest BCUT2D eigenvalue weighted by Gasteiger charge is 2.21. The van der Waals surface area contributed by atoms with Gasteiger partial charge in [-0.25, -0.2) is 4.79 Å². The van der Waals surface area contributed by atoms with Crippen molar-refractivity contribution < 1.29 is 18.9 Å². The zero-order chi connectivity index (χ0) is 16.8. The normalized spacial score (nSPS) is 14.2. The van der Waals surface area contributed by atoms with Gasteiger partial charge in [-0.05, 0) is 56.1 Å². The van der Waals surface area contributed by atoms with Crippen molar-refractivity contribution in [2.45, 2.75) is 31.3 Å². The maximum atomic E-state index is 11.8. The van der Waals surface area contributed by atoms with Gasteiger partial charge in [0.15, 0.2) is 0 Å². The van der Waals surface area contributed by atoms with Crippen LogP contribution in [-0.4, -0.2) is 41.7 Å². The Bertz CT molecular complexity index is 533. The number of benzene rings is 1. The molecule has 1 atom stereocenters. The van der Waals surface area contributed by atoms with Gasteiger partial charge in [-0.2, -0.15) is 0 Å². The molecule has 0 aromatic heterocycles. The zero-order valence-corrected chi connectivity index (χ0v) is 15.7. The molecule has 22 heavy (non-hydrogen) atoms. The molecule has 1 amide bonds. The smallest absolute Gasteiger partial charge is 0.410 e. The molecule has 0 fully saturated rings. The van der Waals surface area contributed by atoms with Crippen molar-refractivity contribution in [3.05, 3.63) is 30.3 Å². The van der Waals surface area contributed by atoms with E-state index in [0.717, 1.165) is 16.3 Å². The van der Waals surface area contributed by atoms with Crippen LogP contribution in [0.1, 0.15) is 20.8 Å². The summed E-state index contributed by atoms with van der Waals surface area (Å²) < 4.78 is 10.6. The number of nitrogens with zero attached hydrogens (tertiary/aromatic N) is 1. The molecule has 1 aromatic carbocycles. The molecule has 0 heterocycles. The molecule has 0 radical (unpaired) electrons. The van der Waals surface area contributed by atoms with Gasteiger partial charge in [-0.15, -0.1) is 0 Å². The summed E-state index contributed by atoms with van der Waals surface area (Å²) in [7, 11) is 1.61. The van der Waals surface area contributed by atoms with Gasteiger partial charge in [-0.3, -0.25) is 0 Å². The molecular weight excluding hydrogens is 341 g/mol. The van der Waals surface area contributed by atoms with Gasteiger partial charge < -0.3 is 19.1 Å². The largest absolute Gasteiger partial charge is 0.444 e. The number of hydrogen-bond donors (Lipinski definition) is 1. The lowest BCUT2D eigenvalue weighted by Crippen LogP contribution is -2.35. The average molecular weight is 363 g/mol. The van der Waals surface area contributed by atoms with Crippen LogP contribution in [0.15, 0.2) is 35.2 Å². The third kappa shape index (κ3) is 8.15. The second kappa shape index (κ2) is 8.31. The first kappa shape index (κ1) is 19.5. The van der Waals surface area contributed by atoms with Crippen molar-refractivity contribution in [1.29, 1.82) is 0 Å². The lowest BCUT2D eigenvalue weighted by Gasteiger charge is -2.25. The topological polar surface area (TPSA) is 59.0 Å². The molecule has 0 aliphatic carbocycles. The van der Waals surface area contributed by atoms with Crippen LogP contribution in [0.25, 0.3) is 0 Å². The standard InChI is InChI=1S/C14H22NO4PS2/c1-14(2,3)19-13(16)15(4)10-11-18-20(17,21)22-12-8-6-5-7-9-12/h5-9H,10-11H2,1-4H3,(H,17,21). The van der Waals surface area contributed by atoms with Crippen molar-refractivity contribution in [2.24, 2.45) is 0 Å². The molecule has 0 saturated heterocycles. The van der Waals surface area contributed by atoms with Crippen LogP contribution < -0.4 is 0 Å². The van der Waals surface area contributed by atoms with Gasteiger partial charge in [0, 0.05) is 18.5 Å². The highest BCUT2D eigenvalue weighted by Crippen LogP contribution is 2.59. The lowest BCUT2D eigenvalue weighted by atomic mass is 10.2. The van der Waals surface area contributed by atoms with E-state index >= 15 is 0 Å². The third-order valence-electron chi connectivity index (χ3n) is 2.35.